The van der Waals surface area contributed by atoms with E-state index in [0.717, 1.165) is 5.52 Å². The van der Waals surface area contributed by atoms with Gasteiger partial charge in [-0.05, 0) is 0 Å². The number of halogens is 1. The zero-order chi connectivity index (χ0) is 7.68. The standard InChI is InChI=1S/C5H4ClN5/c6-11-5-7-1-3-4(10-5)9-2-8-3/h1-2H,(H2,7,8,9,10,11). The maximum absolute atomic E-state index is 5.29. The number of anilines is 1. The SMILES string of the molecule is ClNc1ncc2nc[nH]c2n1. The highest BCUT2D eigenvalue weighted by atomic mass is 35.5. The fourth-order valence-electron chi connectivity index (χ4n) is 0.785. The first kappa shape index (κ1) is 6.36. The third kappa shape index (κ3) is 0.988. The normalized spacial score (nSPS) is 10.3. The molecule has 2 aromatic rings. The van der Waals surface area contributed by atoms with Gasteiger partial charge in [-0.2, -0.15) is 4.98 Å². The Balaban J connectivity index is 2.67. The van der Waals surface area contributed by atoms with Crippen LogP contribution in [0.2, 0.25) is 0 Å². The molecule has 0 atom stereocenters. The lowest BCUT2D eigenvalue weighted by Gasteiger charge is -1.92. The van der Waals surface area contributed by atoms with E-state index in [0.29, 0.717) is 11.6 Å². The first-order chi connectivity index (χ1) is 5.40. The molecule has 5 nitrogen and oxygen atoms in total. The highest BCUT2D eigenvalue weighted by molar-refractivity contribution is 6.23. The summed E-state index contributed by atoms with van der Waals surface area (Å²) in [4.78, 5) is 16.9. The van der Waals surface area contributed by atoms with Gasteiger partial charge in [-0.25, -0.2) is 9.97 Å². The lowest BCUT2D eigenvalue weighted by molar-refractivity contribution is 1.21. The van der Waals surface area contributed by atoms with Gasteiger partial charge >= 0.3 is 0 Å². The van der Waals surface area contributed by atoms with E-state index < -0.39 is 0 Å². The first-order valence-corrected chi connectivity index (χ1v) is 3.31. The average molecular weight is 170 g/mol. The van der Waals surface area contributed by atoms with Crippen molar-refractivity contribution >= 4 is 28.9 Å². The molecule has 0 amide bonds. The monoisotopic (exact) mass is 169 g/mol. The summed E-state index contributed by atoms with van der Waals surface area (Å²) in [5.74, 6) is 0.364. The van der Waals surface area contributed by atoms with Gasteiger partial charge in [-0.15, -0.1) is 0 Å². The predicted octanol–water partition coefficient (Wildman–Crippen LogP) is 0.919. The van der Waals surface area contributed by atoms with Gasteiger partial charge in [0.05, 0.1) is 12.5 Å². The molecule has 11 heavy (non-hydrogen) atoms. The molecule has 2 heterocycles. The molecule has 2 rings (SSSR count). The summed E-state index contributed by atoms with van der Waals surface area (Å²) in [5.41, 5.74) is 1.39. The van der Waals surface area contributed by atoms with Gasteiger partial charge in [0.25, 0.3) is 0 Å². The second-order valence-electron chi connectivity index (χ2n) is 1.92. The minimum atomic E-state index is 0.364. The largest absolute Gasteiger partial charge is 0.329 e. The van der Waals surface area contributed by atoms with Crippen LogP contribution in [0.25, 0.3) is 11.2 Å². The summed E-state index contributed by atoms with van der Waals surface area (Å²) in [5, 5.41) is 0. The van der Waals surface area contributed by atoms with Crippen LogP contribution in [0.1, 0.15) is 0 Å². The molecule has 0 aliphatic rings. The molecule has 0 bridgehead atoms. The molecular weight excluding hydrogens is 166 g/mol. The van der Waals surface area contributed by atoms with Gasteiger partial charge in [0.1, 0.15) is 5.52 Å². The van der Waals surface area contributed by atoms with Crippen molar-refractivity contribution in [2.75, 3.05) is 4.84 Å². The van der Waals surface area contributed by atoms with E-state index in [2.05, 4.69) is 24.8 Å². The van der Waals surface area contributed by atoms with Crippen molar-refractivity contribution in [2.45, 2.75) is 0 Å². The van der Waals surface area contributed by atoms with Crippen LogP contribution in [-0.2, 0) is 0 Å². The van der Waals surface area contributed by atoms with Crippen molar-refractivity contribution in [3.8, 4) is 0 Å². The van der Waals surface area contributed by atoms with Crippen LogP contribution < -0.4 is 4.84 Å². The molecule has 0 fully saturated rings. The minimum absolute atomic E-state index is 0.364. The van der Waals surface area contributed by atoms with Gasteiger partial charge in [-0.3, -0.25) is 4.84 Å². The summed E-state index contributed by atoms with van der Waals surface area (Å²) in [6, 6.07) is 0. The molecule has 2 aromatic heterocycles. The zero-order valence-electron chi connectivity index (χ0n) is 5.37. The van der Waals surface area contributed by atoms with Crippen LogP contribution >= 0.6 is 11.8 Å². The molecule has 6 heteroatoms. The van der Waals surface area contributed by atoms with Gasteiger partial charge < -0.3 is 4.98 Å². The van der Waals surface area contributed by atoms with Crippen molar-refractivity contribution in [3.05, 3.63) is 12.5 Å². The summed E-state index contributed by atoms with van der Waals surface area (Å²) >= 11 is 5.29. The van der Waals surface area contributed by atoms with Crippen molar-refractivity contribution in [1.29, 1.82) is 0 Å². The Hall–Kier alpha value is -1.36. The Kier molecular flexibility index (Phi) is 1.36. The molecule has 0 saturated heterocycles. The molecule has 0 aromatic carbocycles. The Morgan fingerprint density at radius 2 is 2.36 bits per heavy atom. The number of aromatic nitrogens is 4. The predicted molar refractivity (Wildman–Crippen MR) is 41.2 cm³/mol. The Morgan fingerprint density at radius 3 is 3.18 bits per heavy atom. The van der Waals surface area contributed by atoms with Crippen LogP contribution in [0, 0.1) is 0 Å². The van der Waals surface area contributed by atoms with E-state index in [1.54, 1.807) is 12.5 Å². The lowest BCUT2D eigenvalue weighted by Crippen LogP contribution is -1.90. The minimum Gasteiger partial charge on any atom is -0.329 e. The van der Waals surface area contributed by atoms with E-state index in [1.165, 1.54) is 0 Å². The molecule has 0 radical (unpaired) electrons. The van der Waals surface area contributed by atoms with Crippen molar-refractivity contribution < 1.29 is 0 Å². The Morgan fingerprint density at radius 1 is 1.45 bits per heavy atom. The number of nitrogens with zero attached hydrogens (tertiary/aromatic N) is 3. The topological polar surface area (TPSA) is 66.5 Å². The highest BCUT2D eigenvalue weighted by Gasteiger charge is 1.98. The van der Waals surface area contributed by atoms with Gasteiger partial charge in [-0.1, -0.05) is 0 Å². The van der Waals surface area contributed by atoms with Crippen molar-refractivity contribution in [3.63, 3.8) is 0 Å². The first-order valence-electron chi connectivity index (χ1n) is 2.93. The molecular formula is C5H4ClN5. The van der Waals surface area contributed by atoms with Crippen molar-refractivity contribution in [1.82, 2.24) is 19.9 Å². The van der Waals surface area contributed by atoms with Crippen LogP contribution in [-0.4, -0.2) is 19.9 Å². The Labute approximate surface area is 66.9 Å². The fourth-order valence-corrected chi connectivity index (χ4v) is 0.876. The molecule has 0 aliphatic carbocycles. The smallest absolute Gasteiger partial charge is 0.239 e. The number of nitrogens with one attached hydrogen (secondary N) is 2. The quantitative estimate of drug-likeness (QED) is 0.623. The van der Waals surface area contributed by atoms with Crippen LogP contribution in [0.3, 0.4) is 0 Å². The van der Waals surface area contributed by atoms with Crippen LogP contribution in [0.15, 0.2) is 12.5 Å². The third-order valence-electron chi connectivity index (χ3n) is 1.26. The van der Waals surface area contributed by atoms with E-state index >= 15 is 0 Å². The number of hydrogen-bond donors (Lipinski definition) is 2. The maximum atomic E-state index is 5.29. The maximum Gasteiger partial charge on any atom is 0.239 e. The third-order valence-corrected chi connectivity index (χ3v) is 1.43. The summed E-state index contributed by atoms with van der Waals surface area (Å²) in [6.45, 7) is 0. The number of hydrogen-bond acceptors (Lipinski definition) is 4. The molecule has 0 spiro atoms. The number of fused-ring (bicyclic) bond motifs is 1. The second kappa shape index (κ2) is 2.35. The van der Waals surface area contributed by atoms with Gasteiger partial charge in [0, 0.05) is 11.8 Å². The number of H-pyrrole nitrogens is 1. The fraction of sp³-hybridized carbons (Fsp3) is 0. The molecule has 0 aliphatic heterocycles. The Bertz CT molecular complexity index is 370. The summed E-state index contributed by atoms with van der Waals surface area (Å²) < 4.78 is 0. The van der Waals surface area contributed by atoms with E-state index in [-0.39, 0.29) is 0 Å². The molecule has 0 unspecified atom stereocenters. The number of aromatic amines is 1. The second-order valence-corrected chi connectivity index (χ2v) is 2.11. The molecule has 56 valence electrons. The van der Waals surface area contributed by atoms with E-state index in [9.17, 15) is 0 Å². The lowest BCUT2D eigenvalue weighted by atomic mass is 10.6. The van der Waals surface area contributed by atoms with Crippen molar-refractivity contribution in [2.24, 2.45) is 0 Å². The van der Waals surface area contributed by atoms with E-state index in [4.69, 9.17) is 11.8 Å². The van der Waals surface area contributed by atoms with Crippen LogP contribution in [0.5, 0.6) is 0 Å². The van der Waals surface area contributed by atoms with E-state index in [1.807, 2.05) is 0 Å². The highest BCUT2D eigenvalue weighted by Crippen LogP contribution is 2.06. The molecule has 2 N–H and O–H groups in total. The van der Waals surface area contributed by atoms with Crippen LogP contribution in [0.4, 0.5) is 5.95 Å². The molecule has 0 saturated carbocycles. The number of rotatable bonds is 1. The van der Waals surface area contributed by atoms with Gasteiger partial charge in [0.2, 0.25) is 5.95 Å². The average Bonchev–Trinajstić information content (AvgIpc) is 2.50. The number of imidazole rings is 1. The van der Waals surface area contributed by atoms with Gasteiger partial charge in [0.15, 0.2) is 5.65 Å². The summed E-state index contributed by atoms with van der Waals surface area (Å²) in [6.07, 6.45) is 3.14. The zero-order valence-corrected chi connectivity index (χ0v) is 6.13. The summed E-state index contributed by atoms with van der Waals surface area (Å²) in [7, 11) is 0.